The van der Waals surface area contributed by atoms with Crippen LogP contribution in [0, 0.1) is 5.92 Å². The van der Waals surface area contributed by atoms with Crippen LogP contribution >= 0.6 is 0 Å². The standard InChI is InChI=1S/C17H23N3O/c1-3-12-8-10-13(11-9-12)16-19-17(21-20-16)14-6-4-5-7-15(14)18-2/h4-7,12-13,18H,3,8-11H2,1-2H3. The highest BCUT2D eigenvalue weighted by molar-refractivity contribution is 5.72. The third-order valence-corrected chi connectivity index (χ3v) is 4.66. The zero-order valence-electron chi connectivity index (χ0n) is 12.8. The van der Waals surface area contributed by atoms with E-state index in [2.05, 4.69) is 22.4 Å². The highest BCUT2D eigenvalue weighted by Crippen LogP contribution is 2.36. The summed E-state index contributed by atoms with van der Waals surface area (Å²) in [5, 5.41) is 7.40. The summed E-state index contributed by atoms with van der Waals surface area (Å²) in [5.74, 6) is 2.85. The van der Waals surface area contributed by atoms with E-state index in [1.165, 1.54) is 32.1 Å². The summed E-state index contributed by atoms with van der Waals surface area (Å²) >= 11 is 0. The van der Waals surface area contributed by atoms with Crippen molar-refractivity contribution in [1.29, 1.82) is 0 Å². The first-order valence-corrected chi connectivity index (χ1v) is 7.92. The van der Waals surface area contributed by atoms with Gasteiger partial charge in [0.05, 0.1) is 5.56 Å². The van der Waals surface area contributed by atoms with E-state index in [9.17, 15) is 0 Å². The molecule has 1 saturated carbocycles. The first kappa shape index (κ1) is 14.1. The van der Waals surface area contributed by atoms with Crippen LogP contribution < -0.4 is 5.32 Å². The maximum Gasteiger partial charge on any atom is 0.260 e. The summed E-state index contributed by atoms with van der Waals surface area (Å²) in [7, 11) is 1.90. The van der Waals surface area contributed by atoms with Crippen molar-refractivity contribution in [2.24, 2.45) is 5.92 Å². The average Bonchev–Trinajstić information content (AvgIpc) is 3.04. The number of benzene rings is 1. The fourth-order valence-corrected chi connectivity index (χ4v) is 3.23. The predicted molar refractivity (Wildman–Crippen MR) is 84.3 cm³/mol. The van der Waals surface area contributed by atoms with Gasteiger partial charge >= 0.3 is 0 Å². The number of nitrogens with one attached hydrogen (secondary N) is 1. The van der Waals surface area contributed by atoms with E-state index in [1.54, 1.807) is 0 Å². The van der Waals surface area contributed by atoms with E-state index >= 15 is 0 Å². The molecule has 112 valence electrons. The van der Waals surface area contributed by atoms with Gasteiger partial charge in [0, 0.05) is 18.7 Å². The minimum Gasteiger partial charge on any atom is -0.387 e. The second-order valence-electron chi connectivity index (χ2n) is 5.88. The zero-order chi connectivity index (χ0) is 14.7. The van der Waals surface area contributed by atoms with Crippen molar-refractivity contribution in [3.8, 4) is 11.5 Å². The molecule has 0 spiro atoms. The number of hydrogen-bond donors (Lipinski definition) is 1. The molecular weight excluding hydrogens is 262 g/mol. The quantitative estimate of drug-likeness (QED) is 0.901. The first-order valence-electron chi connectivity index (χ1n) is 7.92. The molecule has 21 heavy (non-hydrogen) atoms. The van der Waals surface area contributed by atoms with Gasteiger partial charge in [0.2, 0.25) is 0 Å². The molecule has 0 saturated heterocycles. The molecule has 1 aromatic heterocycles. The molecule has 1 N–H and O–H groups in total. The van der Waals surface area contributed by atoms with Gasteiger partial charge in [0.1, 0.15) is 0 Å². The number of anilines is 1. The van der Waals surface area contributed by atoms with Gasteiger partial charge in [-0.15, -0.1) is 0 Å². The Hall–Kier alpha value is -1.84. The van der Waals surface area contributed by atoms with Crippen molar-refractivity contribution < 1.29 is 4.52 Å². The summed E-state index contributed by atoms with van der Waals surface area (Å²) in [4.78, 5) is 4.65. The topological polar surface area (TPSA) is 51.0 Å². The van der Waals surface area contributed by atoms with E-state index in [0.29, 0.717) is 11.8 Å². The molecule has 0 unspecified atom stereocenters. The van der Waals surface area contributed by atoms with Gasteiger partial charge in [-0.25, -0.2) is 0 Å². The van der Waals surface area contributed by atoms with E-state index in [1.807, 2.05) is 31.3 Å². The molecule has 0 atom stereocenters. The summed E-state index contributed by atoms with van der Waals surface area (Å²) in [6.45, 7) is 2.28. The van der Waals surface area contributed by atoms with Crippen LogP contribution in [0.1, 0.15) is 50.8 Å². The van der Waals surface area contributed by atoms with Crippen molar-refractivity contribution in [3.63, 3.8) is 0 Å². The van der Waals surface area contributed by atoms with Gasteiger partial charge in [0.25, 0.3) is 5.89 Å². The summed E-state index contributed by atoms with van der Waals surface area (Å²) < 4.78 is 5.50. The predicted octanol–water partition coefficient (Wildman–Crippen LogP) is 4.46. The van der Waals surface area contributed by atoms with Gasteiger partial charge in [0.15, 0.2) is 5.82 Å². The normalized spacial score (nSPS) is 22.2. The van der Waals surface area contributed by atoms with Crippen LogP contribution in [-0.4, -0.2) is 17.2 Å². The molecule has 1 heterocycles. The number of aromatic nitrogens is 2. The Kier molecular flexibility index (Phi) is 4.23. The number of nitrogens with zero attached hydrogens (tertiary/aromatic N) is 2. The van der Waals surface area contributed by atoms with E-state index < -0.39 is 0 Å². The van der Waals surface area contributed by atoms with Gasteiger partial charge < -0.3 is 9.84 Å². The fourth-order valence-electron chi connectivity index (χ4n) is 3.23. The monoisotopic (exact) mass is 285 g/mol. The Morgan fingerprint density at radius 3 is 2.67 bits per heavy atom. The zero-order valence-corrected chi connectivity index (χ0v) is 12.8. The molecule has 3 rings (SSSR count). The third-order valence-electron chi connectivity index (χ3n) is 4.66. The average molecular weight is 285 g/mol. The third kappa shape index (κ3) is 2.94. The van der Waals surface area contributed by atoms with Gasteiger partial charge in [-0.05, 0) is 43.7 Å². The maximum absolute atomic E-state index is 5.50. The molecule has 1 aromatic carbocycles. The lowest BCUT2D eigenvalue weighted by molar-refractivity contribution is 0.305. The summed E-state index contributed by atoms with van der Waals surface area (Å²) in [6, 6.07) is 8.02. The summed E-state index contributed by atoms with van der Waals surface area (Å²) in [5.41, 5.74) is 1.99. The number of hydrogen-bond acceptors (Lipinski definition) is 4. The molecule has 0 aliphatic heterocycles. The van der Waals surface area contributed by atoms with Crippen LogP contribution in [0.4, 0.5) is 5.69 Å². The highest BCUT2D eigenvalue weighted by atomic mass is 16.5. The second-order valence-corrected chi connectivity index (χ2v) is 5.88. The molecule has 0 radical (unpaired) electrons. The Labute approximate surface area is 126 Å². The van der Waals surface area contributed by atoms with Gasteiger partial charge in [-0.2, -0.15) is 4.98 Å². The molecule has 1 aliphatic rings. The lowest BCUT2D eigenvalue weighted by Gasteiger charge is -2.25. The van der Waals surface area contributed by atoms with Gasteiger partial charge in [-0.3, -0.25) is 0 Å². The molecule has 2 aromatic rings. The van der Waals surface area contributed by atoms with Crippen molar-refractivity contribution in [2.45, 2.75) is 44.9 Å². The van der Waals surface area contributed by atoms with Crippen LogP contribution in [0.3, 0.4) is 0 Å². The van der Waals surface area contributed by atoms with Crippen molar-refractivity contribution >= 4 is 5.69 Å². The first-order chi connectivity index (χ1) is 10.3. The Morgan fingerprint density at radius 1 is 1.19 bits per heavy atom. The Bertz CT molecular complexity index is 585. The minimum absolute atomic E-state index is 0.465. The highest BCUT2D eigenvalue weighted by Gasteiger charge is 2.25. The SMILES string of the molecule is CCC1CCC(c2noc(-c3ccccc3NC)n2)CC1. The lowest BCUT2D eigenvalue weighted by atomic mass is 9.80. The molecule has 1 fully saturated rings. The fraction of sp³-hybridized carbons (Fsp3) is 0.529. The Balaban J connectivity index is 1.78. The molecule has 4 nitrogen and oxygen atoms in total. The lowest BCUT2D eigenvalue weighted by Crippen LogP contribution is -2.13. The minimum atomic E-state index is 0.465. The maximum atomic E-state index is 5.50. The molecule has 4 heteroatoms. The van der Waals surface area contributed by atoms with Crippen molar-refractivity contribution in [1.82, 2.24) is 10.1 Å². The molecule has 1 aliphatic carbocycles. The number of para-hydroxylation sites is 1. The summed E-state index contributed by atoms with van der Waals surface area (Å²) in [6.07, 6.45) is 6.24. The van der Waals surface area contributed by atoms with Crippen LogP contribution in [0.15, 0.2) is 28.8 Å². The second kappa shape index (κ2) is 6.29. The van der Waals surface area contributed by atoms with Crippen molar-refractivity contribution in [3.05, 3.63) is 30.1 Å². The van der Waals surface area contributed by atoms with Crippen LogP contribution in [0.2, 0.25) is 0 Å². The smallest absolute Gasteiger partial charge is 0.260 e. The van der Waals surface area contributed by atoms with E-state index in [4.69, 9.17) is 4.52 Å². The Morgan fingerprint density at radius 2 is 1.95 bits per heavy atom. The largest absolute Gasteiger partial charge is 0.387 e. The van der Waals surface area contributed by atoms with Crippen LogP contribution in [0.25, 0.3) is 11.5 Å². The van der Waals surface area contributed by atoms with Crippen LogP contribution in [0.5, 0.6) is 0 Å². The van der Waals surface area contributed by atoms with Crippen LogP contribution in [-0.2, 0) is 0 Å². The molecular formula is C17H23N3O. The van der Waals surface area contributed by atoms with Gasteiger partial charge in [-0.1, -0.05) is 30.6 Å². The van der Waals surface area contributed by atoms with E-state index in [-0.39, 0.29) is 0 Å². The molecule has 0 amide bonds. The van der Waals surface area contributed by atoms with Crippen molar-refractivity contribution in [2.75, 3.05) is 12.4 Å². The number of rotatable bonds is 4. The van der Waals surface area contributed by atoms with E-state index in [0.717, 1.165) is 23.0 Å². The molecule has 0 bridgehead atoms.